The summed E-state index contributed by atoms with van der Waals surface area (Å²) in [5, 5.41) is 24.0. The van der Waals surface area contributed by atoms with Gasteiger partial charge in [0.25, 0.3) is 11.8 Å². The van der Waals surface area contributed by atoms with Gasteiger partial charge in [0.2, 0.25) is 23.7 Å². The molecule has 7 N–H and O–H groups in total. The molecule has 298 valence electrons. The number of benzene rings is 2. The summed E-state index contributed by atoms with van der Waals surface area (Å²) in [5.41, 5.74) is 15.2. The molecule has 4 amide bonds. The predicted octanol–water partition coefficient (Wildman–Crippen LogP) is 3.16. The van der Waals surface area contributed by atoms with Crippen molar-refractivity contribution in [3.05, 3.63) is 82.5 Å². The third-order valence-corrected chi connectivity index (χ3v) is 9.02. The Bertz CT molecular complexity index is 2540. The molecule has 4 heterocycles. The lowest BCUT2D eigenvalue weighted by atomic mass is 10.1. The molecule has 0 aliphatic carbocycles. The molecular formula is C38H44N12O7. The second-order valence-electron chi connectivity index (χ2n) is 13.0. The summed E-state index contributed by atoms with van der Waals surface area (Å²) in [6, 6.07) is 9.38. The largest absolute Gasteiger partial charge is 0.494 e. The van der Waals surface area contributed by atoms with Gasteiger partial charge in [0.1, 0.15) is 33.9 Å². The van der Waals surface area contributed by atoms with Crippen molar-refractivity contribution in [3.63, 3.8) is 0 Å². The number of aromatic nitrogens is 8. The van der Waals surface area contributed by atoms with Crippen LogP contribution in [-0.2, 0) is 26.2 Å². The first kappa shape index (κ1) is 39.7. The highest BCUT2D eigenvalue weighted by Gasteiger charge is 2.23. The number of amides is 4. The number of imidazole rings is 2. The van der Waals surface area contributed by atoms with E-state index >= 15 is 0 Å². The topological polar surface area (TPSA) is 254 Å². The summed E-state index contributed by atoms with van der Waals surface area (Å²) in [6.07, 6.45) is 3.95. The van der Waals surface area contributed by atoms with Gasteiger partial charge in [-0.15, -0.1) is 0 Å². The number of nitrogens with one attached hydrogen (secondary N) is 2. The second-order valence-corrected chi connectivity index (χ2v) is 13.0. The van der Waals surface area contributed by atoms with E-state index in [9.17, 15) is 24.3 Å². The van der Waals surface area contributed by atoms with Crippen LogP contribution in [0.4, 0.5) is 11.9 Å². The van der Waals surface area contributed by atoms with Gasteiger partial charge in [-0.1, -0.05) is 12.2 Å². The normalized spacial score (nSPS) is 11.5. The van der Waals surface area contributed by atoms with Crippen LogP contribution in [0.15, 0.2) is 48.6 Å². The number of carbonyl (C=O) groups is 4. The molecule has 4 aromatic heterocycles. The standard InChI is InChI=1S/C38H44N12O7/c1-6-49-27(15-21(3)45-49)35(54)43-37-41-25-17-23(33(39)52)19-29(56-5)31(25)47(37)11-8-9-12-48-32-26(18-24(34(40)53)20-30(32)57-14-10-13-51)42-38(48)44-36(55)28-16-22(4)46-50(28)7-2/h8-9,15-20,51H,6-7,10-14H2,1-5H3,(H2,39,52)(H2,40,53)(H,41,43,54)(H,42,44,55). The van der Waals surface area contributed by atoms with Crippen LogP contribution in [0.2, 0.25) is 0 Å². The molecule has 0 spiro atoms. The number of allylic oxidation sites excluding steroid dienone is 2. The Morgan fingerprint density at radius 1 is 0.737 bits per heavy atom. The molecule has 19 nitrogen and oxygen atoms in total. The Kier molecular flexibility index (Phi) is 11.7. The number of aliphatic hydroxyl groups is 1. The zero-order valence-electron chi connectivity index (χ0n) is 32.2. The van der Waals surface area contributed by atoms with Crippen molar-refractivity contribution in [1.82, 2.24) is 38.7 Å². The minimum Gasteiger partial charge on any atom is -0.494 e. The molecule has 0 saturated heterocycles. The summed E-state index contributed by atoms with van der Waals surface area (Å²) < 4.78 is 18.3. The van der Waals surface area contributed by atoms with E-state index in [1.165, 1.54) is 31.4 Å². The number of ether oxygens (including phenoxy) is 2. The molecule has 0 unspecified atom stereocenters. The smallest absolute Gasteiger partial charge is 0.276 e. The SMILES string of the molecule is CCn1nc(C)cc1C(=O)Nc1nc2cc(C(N)=O)cc(OC)c2n1CC=CCn1c(NC(=O)c2cc(C)nn2CC)nc2cc(C(N)=O)cc(OCCCO)c21. The Morgan fingerprint density at radius 3 is 1.61 bits per heavy atom. The van der Waals surface area contributed by atoms with Crippen LogP contribution in [-0.4, -0.2) is 87.7 Å². The maximum Gasteiger partial charge on any atom is 0.276 e. The number of hydrogen-bond acceptors (Lipinski definition) is 11. The molecule has 0 aliphatic rings. The number of rotatable bonds is 17. The lowest BCUT2D eigenvalue weighted by molar-refractivity contribution is 0.0991. The molecule has 0 saturated carbocycles. The quantitative estimate of drug-likeness (QED) is 0.0664. The Labute approximate surface area is 326 Å². The van der Waals surface area contributed by atoms with E-state index in [2.05, 4.69) is 30.8 Å². The molecule has 0 bridgehead atoms. The minimum atomic E-state index is -0.700. The number of carbonyl (C=O) groups excluding carboxylic acids is 4. The van der Waals surface area contributed by atoms with Crippen molar-refractivity contribution < 1.29 is 33.8 Å². The average Bonchev–Trinajstić information content (AvgIpc) is 3.95. The summed E-state index contributed by atoms with van der Waals surface area (Å²) in [4.78, 5) is 61.1. The molecule has 2 aromatic carbocycles. The predicted molar refractivity (Wildman–Crippen MR) is 211 cm³/mol. The molecule has 57 heavy (non-hydrogen) atoms. The van der Waals surface area contributed by atoms with E-state index in [4.69, 9.17) is 20.9 Å². The minimum absolute atomic E-state index is 0.117. The van der Waals surface area contributed by atoms with Gasteiger partial charge in [-0.3, -0.25) is 39.2 Å². The van der Waals surface area contributed by atoms with Gasteiger partial charge in [0.05, 0.1) is 36.1 Å². The van der Waals surface area contributed by atoms with E-state index in [-0.39, 0.29) is 55.1 Å². The van der Waals surface area contributed by atoms with Gasteiger partial charge in [-0.05, 0) is 64.1 Å². The Balaban J connectivity index is 1.41. The van der Waals surface area contributed by atoms with Crippen LogP contribution in [0.5, 0.6) is 11.5 Å². The van der Waals surface area contributed by atoms with Crippen molar-refractivity contribution in [1.29, 1.82) is 0 Å². The summed E-state index contributed by atoms with van der Waals surface area (Å²) in [5.74, 6) is -1.38. The van der Waals surface area contributed by atoms with Crippen LogP contribution < -0.4 is 31.6 Å². The highest BCUT2D eigenvalue weighted by molar-refractivity contribution is 6.05. The zero-order chi connectivity index (χ0) is 41.0. The number of methoxy groups -OCH3 is 1. The first-order valence-electron chi connectivity index (χ1n) is 18.2. The Hall–Kier alpha value is -7.02. The Morgan fingerprint density at radius 2 is 1.19 bits per heavy atom. The van der Waals surface area contributed by atoms with Crippen LogP contribution in [0, 0.1) is 13.8 Å². The van der Waals surface area contributed by atoms with Crippen LogP contribution >= 0.6 is 0 Å². The van der Waals surface area contributed by atoms with Crippen molar-refractivity contribution >= 4 is 57.6 Å². The van der Waals surface area contributed by atoms with Gasteiger partial charge in [0.15, 0.2) is 0 Å². The van der Waals surface area contributed by atoms with Gasteiger partial charge >= 0.3 is 0 Å². The first-order valence-corrected chi connectivity index (χ1v) is 18.2. The van der Waals surface area contributed by atoms with Crippen LogP contribution in [0.25, 0.3) is 22.1 Å². The van der Waals surface area contributed by atoms with E-state index in [0.29, 0.717) is 70.1 Å². The fourth-order valence-corrected chi connectivity index (χ4v) is 6.43. The molecule has 0 aliphatic heterocycles. The maximum absolute atomic E-state index is 13.6. The highest BCUT2D eigenvalue weighted by Crippen LogP contribution is 2.33. The fourth-order valence-electron chi connectivity index (χ4n) is 6.43. The number of nitrogens with zero attached hydrogens (tertiary/aromatic N) is 8. The summed E-state index contributed by atoms with van der Waals surface area (Å²) >= 11 is 0. The lowest BCUT2D eigenvalue weighted by Gasteiger charge is -2.13. The van der Waals surface area contributed by atoms with Crippen molar-refractivity contribution in [2.45, 2.75) is 60.3 Å². The van der Waals surface area contributed by atoms with E-state index in [1.807, 2.05) is 26.0 Å². The first-order chi connectivity index (χ1) is 27.4. The third-order valence-electron chi connectivity index (χ3n) is 9.02. The lowest BCUT2D eigenvalue weighted by Crippen LogP contribution is -2.20. The highest BCUT2D eigenvalue weighted by atomic mass is 16.5. The van der Waals surface area contributed by atoms with Gasteiger partial charge in [0, 0.05) is 50.3 Å². The molecule has 0 atom stereocenters. The number of aryl methyl sites for hydroxylation is 4. The maximum atomic E-state index is 13.6. The van der Waals surface area contributed by atoms with Gasteiger partial charge in [-0.25, -0.2) is 9.97 Å². The molecule has 0 fully saturated rings. The molecule has 6 rings (SSSR count). The van der Waals surface area contributed by atoms with Gasteiger partial charge in [-0.2, -0.15) is 10.2 Å². The zero-order valence-corrected chi connectivity index (χ0v) is 32.2. The fraction of sp³-hybridized carbons (Fsp3) is 0.316. The number of hydrogen-bond donors (Lipinski definition) is 5. The number of nitrogens with two attached hydrogens (primary N) is 2. The third kappa shape index (κ3) is 8.18. The van der Waals surface area contributed by atoms with Crippen molar-refractivity contribution in [2.24, 2.45) is 11.5 Å². The van der Waals surface area contributed by atoms with Crippen LogP contribution in [0.3, 0.4) is 0 Å². The van der Waals surface area contributed by atoms with E-state index in [0.717, 1.165) is 0 Å². The molecule has 6 aromatic rings. The molecular weight excluding hydrogens is 736 g/mol. The monoisotopic (exact) mass is 780 g/mol. The van der Waals surface area contributed by atoms with Crippen molar-refractivity contribution in [2.75, 3.05) is 31.0 Å². The van der Waals surface area contributed by atoms with Crippen LogP contribution in [0.1, 0.15) is 73.3 Å². The van der Waals surface area contributed by atoms with E-state index < -0.39 is 23.6 Å². The molecule has 0 radical (unpaired) electrons. The van der Waals surface area contributed by atoms with Crippen molar-refractivity contribution in [3.8, 4) is 11.5 Å². The number of aliphatic hydroxyl groups excluding tert-OH is 1. The number of anilines is 2. The molecule has 19 heteroatoms. The van der Waals surface area contributed by atoms with E-state index in [1.54, 1.807) is 44.5 Å². The summed E-state index contributed by atoms with van der Waals surface area (Å²) in [7, 11) is 1.45. The number of primary amides is 2. The number of fused-ring (bicyclic) bond motifs is 2. The van der Waals surface area contributed by atoms with Gasteiger partial charge < -0.3 is 35.2 Å². The second kappa shape index (κ2) is 16.8. The summed E-state index contributed by atoms with van der Waals surface area (Å²) in [6.45, 7) is 8.56. The average molecular weight is 781 g/mol.